The molecule has 0 unspecified atom stereocenters. The first-order valence-electron chi connectivity index (χ1n) is 7.82. The topological polar surface area (TPSA) is 66.8 Å². The Morgan fingerprint density at radius 3 is 2.70 bits per heavy atom. The minimum absolute atomic E-state index is 0.119. The van der Waals surface area contributed by atoms with Gasteiger partial charge < -0.3 is 14.7 Å². The molecule has 5 heteroatoms. The molecule has 1 aromatic rings. The third kappa shape index (κ3) is 1.89. The molecule has 1 amide bonds. The Labute approximate surface area is 134 Å². The summed E-state index contributed by atoms with van der Waals surface area (Å²) in [5.74, 6) is -2.52. The van der Waals surface area contributed by atoms with Crippen LogP contribution in [-0.2, 0) is 20.9 Å². The number of rotatable bonds is 3. The van der Waals surface area contributed by atoms with Crippen molar-refractivity contribution in [2.75, 3.05) is 6.54 Å². The summed E-state index contributed by atoms with van der Waals surface area (Å²) in [6.07, 6.45) is 3.70. The number of aryl methyl sites for hydroxylation is 1. The molecule has 0 saturated carbocycles. The molecule has 3 heterocycles. The van der Waals surface area contributed by atoms with Gasteiger partial charge in [-0.05, 0) is 19.4 Å². The van der Waals surface area contributed by atoms with E-state index in [1.54, 1.807) is 11.8 Å². The molecule has 3 aliphatic heterocycles. The quantitative estimate of drug-likeness (QED) is 0.863. The molecule has 2 bridgehead atoms. The van der Waals surface area contributed by atoms with Crippen molar-refractivity contribution in [2.45, 2.75) is 31.6 Å². The molecule has 5 nitrogen and oxygen atoms in total. The standard InChI is InChI=1S/C18H19NO4/c1-11-3-5-12(6-4-11)9-19-10-18-8-7-17(2,23-18)14(16(21)22)13(18)15(19)20/h3-8,13-14H,9-10H2,1-2H3,(H,21,22)/t13-,14+,17+,18-/m1/s1. The fraction of sp³-hybridized carbons (Fsp3) is 0.444. The molecule has 120 valence electrons. The Kier molecular flexibility index (Phi) is 2.79. The molecule has 3 aliphatic rings. The number of carboxylic acids is 1. The molecule has 1 aromatic carbocycles. The highest BCUT2D eigenvalue weighted by Crippen LogP contribution is 2.57. The number of likely N-dealkylation sites (tertiary alicyclic amines) is 1. The van der Waals surface area contributed by atoms with Crippen molar-refractivity contribution in [1.82, 2.24) is 4.90 Å². The van der Waals surface area contributed by atoms with Gasteiger partial charge in [0.05, 0.1) is 18.1 Å². The van der Waals surface area contributed by atoms with E-state index in [1.807, 2.05) is 43.3 Å². The van der Waals surface area contributed by atoms with Gasteiger partial charge in [-0.15, -0.1) is 0 Å². The van der Waals surface area contributed by atoms with Gasteiger partial charge in [-0.3, -0.25) is 9.59 Å². The predicted molar refractivity (Wildman–Crippen MR) is 82.6 cm³/mol. The molecule has 2 saturated heterocycles. The summed E-state index contributed by atoms with van der Waals surface area (Å²) in [6, 6.07) is 8.02. The van der Waals surface area contributed by atoms with E-state index in [-0.39, 0.29) is 5.91 Å². The number of ether oxygens (including phenoxy) is 1. The van der Waals surface area contributed by atoms with Crippen molar-refractivity contribution in [1.29, 1.82) is 0 Å². The van der Waals surface area contributed by atoms with Crippen molar-refractivity contribution >= 4 is 11.9 Å². The predicted octanol–water partition coefficient (Wildman–Crippen LogP) is 1.75. The maximum Gasteiger partial charge on any atom is 0.310 e. The number of hydrogen-bond acceptors (Lipinski definition) is 3. The van der Waals surface area contributed by atoms with E-state index in [4.69, 9.17) is 4.74 Å². The number of benzene rings is 1. The Morgan fingerprint density at radius 1 is 1.35 bits per heavy atom. The van der Waals surface area contributed by atoms with Crippen molar-refractivity contribution in [3.05, 3.63) is 47.5 Å². The van der Waals surface area contributed by atoms with Gasteiger partial charge in [-0.25, -0.2) is 0 Å². The number of fused-ring (bicyclic) bond motifs is 1. The zero-order valence-electron chi connectivity index (χ0n) is 13.2. The van der Waals surface area contributed by atoms with Gasteiger partial charge in [0.2, 0.25) is 5.91 Å². The molecule has 4 rings (SSSR count). The van der Waals surface area contributed by atoms with E-state index >= 15 is 0 Å². The third-order valence-electron chi connectivity index (χ3n) is 5.36. The summed E-state index contributed by atoms with van der Waals surface area (Å²) in [4.78, 5) is 26.3. The minimum Gasteiger partial charge on any atom is -0.481 e. The highest BCUT2D eigenvalue weighted by Gasteiger charge is 2.71. The first-order chi connectivity index (χ1) is 10.8. The lowest BCUT2D eigenvalue weighted by Crippen LogP contribution is -2.43. The number of carbonyl (C=O) groups excluding carboxylic acids is 1. The third-order valence-corrected chi connectivity index (χ3v) is 5.36. The smallest absolute Gasteiger partial charge is 0.310 e. The minimum atomic E-state index is -0.964. The summed E-state index contributed by atoms with van der Waals surface area (Å²) in [5.41, 5.74) is 0.555. The van der Waals surface area contributed by atoms with Crippen LogP contribution in [0.15, 0.2) is 36.4 Å². The van der Waals surface area contributed by atoms with E-state index in [0.717, 1.165) is 5.56 Å². The van der Waals surface area contributed by atoms with Crippen LogP contribution in [0.3, 0.4) is 0 Å². The average Bonchev–Trinajstić information content (AvgIpc) is 3.04. The molecular formula is C18H19NO4. The first-order valence-corrected chi connectivity index (χ1v) is 7.82. The normalized spacial score (nSPS) is 37.5. The Bertz CT molecular complexity index is 725. The van der Waals surface area contributed by atoms with Crippen LogP contribution in [0.1, 0.15) is 18.1 Å². The number of amides is 1. The Balaban J connectivity index is 1.64. The van der Waals surface area contributed by atoms with Crippen molar-refractivity contribution in [3.63, 3.8) is 0 Å². The van der Waals surface area contributed by atoms with E-state index in [1.165, 1.54) is 5.56 Å². The number of nitrogens with zero attached hydrogens (tertiary/aromatic N) is 1. The highest BCUT2D eigenvalue weighted by molar-refractivity contribution is 5.91. The fourth-order valence-corrected chi connectivity index (χ4v) is 4.27. The lowest BCUT2D eigenvalue weighted by Gasteiger charge is -2.27. The second-order valence-corrected chi connectivity index (χ2v) is 7.05. The summed E-state index contributed by atoms with van der Waals surface area (Å²) in [6.45, 7) is 4.68. The second kappa shape index (κ2) is 4.45. The van der Waals surface area contributed by atoms with Crippen molar-refractivity contribution in [2.24, 2.45) is 11.8 Å². The number of hydrogen-bond donors (Lipinski definition) is 1. The van der Waals surface area contributed by atoms with Gasteiger partial charge in [0.25, 0.3) is 0 Å². The van der Waals surface area contributed by atoms with E-state index < -0.39 is 29.0 Å². The van der Waals surface area contributed by atoms with Gasteiger partial charge in [0.15, 0.2) is 0 Å². The van der Waals surface area contributed by atoms with Crippen LogP contribution in [0.2, 0.25) is 0 Å². The van der Waals surface area contributed by atoms with Gasteiger partial charge in [-0.2, -0.15) is 0 Å². The molecule has 2 fully saturated rings. The molecule has 0 aliphatic carbocycles. The van der Waals surface area contributed by atoms with Gasteiger partial charge in [0, 0.05) is 6.54 Å². The average molecular weight is 313 g/mol. The Morgan fingerprint density at radius 2 is 2.04 bits per heavy atom. The number of carboxylic acid groups (broad SMARTS) is 1. The van der Waals surface area contributed by atoms with Crippen LogP contribution in [0, 0.1) is 18.8 Å². The van der Waals surface area contributed by atoms with Gasteiger partial charge in [0.1, 0.15) is 11.5 Å². The largest absolute Gasteiger partial charge is 0.481 e. The van der Waals surface area contributed by atoms with E-state index in [2.05, 4.69) is 0 Å². The van der Waals surface area contributed by atoms with Gasteiger partial charge in [-0.1, -0.05) is 42.0 Å². The fourth-order valence-electron chi connectivity index (χ4n) is 4.27. The molecule has 23 heavy (non-hydrogen) atoms. The maximum atomic E-state index is 12.8. The molecular weight excluding hydrogens is 294 g/mol. The van der Waals surface area contributed by atoms with Crippen LogP contribution >= 0.6 is 0 Å². The molecule has 1 N–H and O–H groups in total. The lowest BCUT2D eigenvalue weighted by atomic mass is 9.72. The van der Waals surface area contributed by atoms with Crippen LogP contribution in [-0.4, -0.2) is 39.6 Å². The highest BCUT2D eigenvalue weighted by atomic mass is 16.5. The molecule has 4 atom stereocenters. The maximum absolute atomic E-state index is 12.8. The van der Waals surface area contributed by atoms with Crippen LogP contribution in [0.25, 0.3) is 0 Å². The van der Waals surface area contributed by atoms with Crippen LogP contribution in [0.4, 0.5) is 0 Å². The second-order valence-electron chi connectivity index (χ2n) is 7.05. The van der Waals surface area contributed by atoms with Crippen molar-refractivity contribution in [3.8, 4) is 0 Å². The SMILES string of the molecule is Cc1ccc(CN2C[C@@]34C=C[C@](C)(O3)[C@H](C(=O)O)[C@@H]4C2=O)cc1. The molecule has 0 radical (unpaired) electrons. The van der Waals surface area contributed by atoms with E-state index in [0.29, 0.717) is 13.1 Å². The Hall–Kier alpha value is -2.14. The summed E-state index contributed by atoms with van der Waals surface area (Å²) in [5, 5.41) is 9.58. The first kappa shape index (κ1) is 14.5. The summed E-state index contributed by atoms with van der Waals surface area (Å²) in [7, 11) is 0. The number of carbonyl (C=O) groups is 2. The summed E-state index contributed by atoms with van der Waals surface area (Å²) >= 11 is 0. The van der Waals surface area contributed by atoms with Crippen molar-refractivity contribution < 1.29 is 19.4 Å². The molecule has 1 spiro atoms. The van der Waals surface area contributed by atoms with Crippen LogP contribution < -0.4 is 0 Å². The molecule has 0 aromatic heterocycles. The van der Waals surface area contributed by atoms with Crippen LogP contribution in [0.5, 0.6) is 0 Å². The zero-order valence-corrected chi connectivity index (χ0v) is 13.2. The lowest BCUT2D eigenvalue weighted by molar-refractivity contribution is -0.151. The number of aliphatic carboxylic acids is 1. The summed E-state index contributed by atoms with van der Waals surface area (Å²) < 4.78 is 6.05. The zero-order chi connectivity index (χ0) is 16.4. The van der Waals surface area contributed by atoms with Gasteiger partial charge >= 0.3 is 5.97 Å². The monoisotopic (exact) mass is 313 g/mol. The van der Waals surface area contributed by atoms with E-state index in [9.17, 15) is 14.7 Å².